The van der Waals surface area contributed by atoms with E-state index in [2.05, 4.69) is 21.4 Å². The fourth-order valence-electron chi connectivity index (χ4n) is 4.67. The molecule has 0 spiro atoms. The summed E-state index contributed by atoms with van der Waals surface area (Å²) < 4.78 is 8.62. The van der Waals surface area contributed by atoms with Gasteiger partial charge in [-0.15, -0.1) is 11.3 Å². The van der Waals surface area contributed by atoms with Crippen molar-refractivity contribution in [1.29, 1.82) is 5.26 Å². The molecule has 1 fully saturated rings. The van der Waals surface area contributed by atoms with Crippen molar-refractivity contribution in [3.8, 4) is 27.8 Å². The smallest absolute Gasteiger partial charge is 0.272 e. The van der Waals surface area contributed by atoms with Crippen LogP contribution in [0.25, 0.3) is 42.6 Å². The number of H-pyrrole nitrogens is 1. The van der Waals surface area contributed by atoms with Crippen molar-refractivity contribution < 1.29 is 4.74 Å². The van der Waals surface area contributed by atoms with Gasteiger partial charge in [0.1, 0.15) is 6.07 Å². The topological polar surface area (TPSA) is 123 Å². The highest BCUT2D eigenvalue weighted by Crippen LogP contribution is 2.44. The molecule has 168 valence electrons. The van der Waals surface area contributed by atoms with E-state index in [9.17, 15) is 10.1 Å². The number of nitriles is 1. The van der Waals surface area contributed by atoms with Crippen molar-refractivity contribution in [2.45, 2.75) is 19.1 Å². The van der Waals surface area contributed by atoms with Gasteiger partial charge in [0, 0.05) is 41.0 Å². The minimum atomic E-state index is -0.257. The monoisotopic (exact) mass is 468 g/mol. The minimum Gasteiger partial charge on any atom is -0.373 e. The van der Waals surface area contributed by atoms with Crippen LogP contribution in [-0.2, 0) is 18.3 Å². The first-order chi connectivity index (χ1) is 16.6. The zero-order valence-electron chi connectivity index (χ0n) is 18.3. The number of nitrogens with two attached hydrogens (primary N) is 1. The summed E-state index contributed by atoms with van der Waals surface area (Å²) in [5.74, 6) is 0. The van der Waals surface area contributed by atoms with Crippen molar-refractivity contribution >= 4 is 32.2 Å². The lowest BCUT2D eigenvalue weighted by Crippen LogP contribution is -2.22. The molecule has 0 unspecified atom stereocenters. The summed E-state index contributed by atoms with van der Waals surface area (Å²) in [5, 5.41) is 23.5. The summed E-state index contributed by atoms with van der Waals surface area (Å²) in [6, 6.07) is 14.2. The van der Waals surface area contributed by atoms with E-state index >= 15 is 0 Å². The Morgan fingerprint density at radius 1 is 1.32 bits per heavy atom. The molecular weight excluding hydrogens is 448 g/mol. The van der Waals surface area contributed by atoms with E-state index in [4.69, 9.17) is 10.5 Å². The van der Waals surface area contributed by atoms with Crippen LogP contribution in [-0.4, -0.2) is 26.6 Å². The van der Waals surface area contributed by atoms with Gasteiger partial charge in [-0.05, 0) is 29.3 Å². The van der Waals surface area contributed by atoms with Gasteiger partial charge in [0.2, 0.25) is 0 Å². The number of aromatic amines is 1. The number of rotatable bonds is 4. The zero-order chi connectivity index (χ0) is 23.4. The van der Waals surface area contributed by atoms with E-state index in [0.29, 0.717) is 28.6 Å². The number of aromatic nitrogens is 4. The predicted molar refractivity (Wildman–Crippen MR) is 131 cm³/mol. The first kappa shape index (κ1) is 20.7. The highest BCUT2D eigenvalue weighted by molar-refractivity contribution is 7.22. The average molecular weight is 469 g/mol. The van der Waals surface area contributed by atoms with Crippen molar-refractivity contribution in [3.05, 3.63) is 69.8 Å². The Morgan fingerprint density at radius 3 is 2.88 bits per heavy atom. The second-order valence-electron chi connectivity index (χ2n) is 8.28. The Morgan fingerprint density at radius 2 is 2.15 bits per heavy atom. The third-order valence-corrected chi connectivity index (χ3v) is 7.59. The summed E-state index contributed by atoms with van der Waals surface area (Å²) >= 11 is 1.57. The number of aryl methyl sites for hydroxylation is 1. The lowest BCUT2D eigenvalue weighted by molar-refractivity contribution is -0.0518. The van der Waals surface area contributed by atoms with Crippen LogP contribution in [0.1, 0.15) is 29.3 Å². The number of fused-ring (bicyclic) bond motifs is 2. The van der Waals surface area contributed by atoms with Gasteiger partial charge in [0.15, 0.2) is 0 Å². The quantitative estimate of drug-likeness (QED) is 0.411. The summed E-state index contributed by atoms with van der Waals surface area (Å²) in [4.78, 5) is 13.6. The van der Waals surface area contributed by atoms with Crippen molar-refractivity contribution in [3.63, 3.8) is 0 Å². The van der Waals surface area contributed by atoms with Gasteiger partial charge in [-0.2, -0.15) is 15.5 Å². The number of nitrogens with zero attached hydrogens (tertiary/aromatic N) is 4. The van der Waals surface area contributed by atoms with Crippen LogP contribution in [0, 0.1) is 11.3 Å². The summed E-state index contributed by atoms with van der Waals surface area (Å²) in [6.07, 6.45) is 2.49. The standard InChI is InChI=1S/C25H20N6O2S/c1-31-23(24-17(10-26)14-4-2-3-5-21(14)34-24)18(12-28-31)13-8-15-19(11-27)29-30-25(32)22(15)16(9-13)20-6-7-33-20/h2-5,8-9,12,20H,6-7,11,27H2,1H3,(H,30,32)/t20-/m1/s1. The number of thiophene rings is 1. The molecule has 6 rings (SSSR count). The molecule has 1 aliphatic heterocycles. The molecule has 0 amide bonds. The van der Waals surface area contributed by atoms with Crippen LogP contribution in [0.15, 0.2) is 47.4 Å². The fourth-order valence-corrected chi connectivity index (χ4v) is 5.91. The van der Waals surface area contributed by atoms with E-state index in [1.165, 1.54) is 0 Å². The molecule has 1 saturated heterocycles. The van der Waals surface area contributed by atoms with Crippen molar-refractivity contribution in [2.75, 3.05) is 6.61 Å². The average Bonchev–Trinajstić information content (AvgIpc) is 3.37. The number of hydrogen-bond acceptors (Lipinski definition) is 7. The molecule has 8 nitrogen and oxygen atoms in total. The molecule has 0 saturated carbocycles. The first-order valence-electron chi connectivity index (χ1n) is 10.9. The fraction of sp³-hybridized carbons (Fsp3) is 0.200. The molecule has 4 heterocycles. The molecule has 9 heteroatoms. The van der Waals surface area contributed by atoms with E-state index in [1.54, 1.807) is 22.2 Å². The minimum absolute atomic E-state index is 0.157. The van der Waals surface area contributed by atoms with Gasteiger partial charge >= 0.3 is 0 Å². The molecule has 3 aromatic heterocycles. The number of ether oxygens (including phenoxy) is 1. The SMILES string of the molecule is Cn1ncc(-c2cc([C@H]3CCO3)c3c(=O)[nH]nc(CN)c3c2)c1-c1sc2ccccc2c1C#N. The largest absolute Gasteiger partial charge is 0.373 e. The van der Waals surface area contributed by atoms with Crippen molar-refractivity contribution in [2.24, 2.45) is 12.8 Å². The van der Waals surface area contributed by atoms with Crippen LogP contribution >= 0.6 is 11.3 Å². The zero-order valence-corrected chi connectivity index (χ0v) is 19.1. The first-order valence-corrected chi connectivity index (χ1v) is 11.7. The Balaban J connectivity index is 1.65. The predicted octanol–water partition coefficient (Wildman–Crippen LogP) is 4.00. The molecule has 2 aromatic carbocycles. The number of hydrogen-bond donors (Lipinski definition) is 2. The maximum Gasteiger partial charge on any atom is 0.272 e. The van der Waals surface area contributed by atoms with E-state index in [0.717, 1.165) is 43.8 Å². The van der Waals surface area contributed by atoms with Crippen molar-refractivity contribution in [1.82, 2.24) is 20.0 Å². The molecule has 0 aliphatic carbocycles. The molecule has 5 aromatic rings. The second kappa shape index (κ2) is 7.88. The number of nitrogens with one attached hydrogen (secondary N) is 1. The second-order valence-corrected chi connectivity index (χ2v) is 9.34. The Bertz CT molecular complexity index is 1690. The lowest BCUT2D eigenvalue weighted by atomic mass is 9.91. The van der Waals surface area contributed by atoms with Gasteiger partial charge in [-0.3, -0.25) is 9.48 Å². The maximum absolute atomic E-state index is 12.8. The molecule has 1 atom stereocenters. The third-order valence-electron chi connectivity index (χ3n) is 6.41. The molecule has 1 aliphatic rings. The van der Waals surface area contributed by atoms with Gasteiger partial charge in [0.25, 0.3) is 5.56 Å². The van der Waals surface area contributed by atoms with E-state index in [1.807, 2.05) is 43.4 Å². The maximum atomic E-state index is 12.8. The van der Waals surface area contributed by atoms with Crippen LogP contribution in [0.5, 0.6) is 0 Å². The van der Waals surface area contributed by atoms with Gasteiger partial charge in [-0.1, -0.05) is 18.2 Å². The summed E-state index contributed by atoms with van der Waals surface area (Å²) in [5.41, 5.74) is 10.4. The van der Waals surface area contributed by atoms with Gasteiger partial charge < -0.3 is 10.5 Å². The van der Waals surface area contributed by atoms with Gasteiger partial charge in [0.05, 0.1) is 46.1 Å². The van der Waals surface area contributed by atoms with Crippen LogP contribution < -0.4 is 11.3 Å². The number of benzene rings is 2. The molecule has 3 N–H and O–H groups in total. The highest BCUT2D eigenvalue weighted by atomic mass is 32.1. The Kier molecular flexibility index (Phi) is 4.81. The third kappa shape index (κ3) is 3.00. The normalized spacial score (nSPS) is 15.5. The van der Waals surface area contributed by atoms with Crippen LogP contribution in [0.2, 0.25) is 0 Å². The molecule has 0 radical (unpaired) electrons. The van der Waals surface area contributed by atoms with E-state index in [-0.39, 0.29) is 18.2 Å². The van der Waals surface area contributed by atoms with E-state index < -0.39 is 0 Å². The summed E-state index contributed by atoms with van der Waals surface area (Å²) in [6.45, 7) is 0.852. The van der Waals surface area contributed by atoms with Crippen LogP contribution in [0.4, 0.5) is 0 Å². The summed E-state index contributed by atoms with van der Waals surface area (Å²) in [7, 11) is 1.87. The van der Waals surface area contributed by atoms with Gasteiger partial charge in [-0.25, -0.2) is 5.10 Å². The molecule has 34 heavy (non-hydrogen) atoms. The lowest BCUT2D eigenvalue weighted by Gasteiger charge is -2.28. The van der Waals surface area contributed by atoms with Crippen LogP contribution in [0.3, 0.4) is 0 Å². The highest BCUT2D eigenvalue weighted by Gasteiger charge is 2.27. The Hall–Kier alpha value is -3.84. The molecule has 0 bridgehead atoms. The molecular formula is C25H20N6O2S. The Labute approximate surface area is 198 Å².